The van der Waals surface area contributed by atoms with Crippen molar-refractivity contribution in [3.05, 3.63) is 36.5 Å². The van der Waals surface area contributed by atoms with Gasteiger partial charge in [0, 0.05) is 16.8 Å². The normalized spacial score (nSPS) is 37.2. The van der Waals surface area contributed by atoms with Gasteiger partial charge in [0.15, 0.2) is 0 Å². The van der Waals surface area contributed by atoms with Crippen LogP contribution in [0.15, 0.2) is 41.6 Å². The maximum absolute atomic E-state index is 4.71. The Balaban J connectivity index is 1.46. The molecule has 0 amide bonds. The summed E-state index contributed by atoms with van der Waals surface area (Å²) in [6.07, 6.45) is 9.45. The topological polar surface area (TPSA) is 12.9 Å². The first-order valence-electron chi connectivity index (χ1n) is 8.39. The molecule has 2 bridgehead atoms. The first-order valence-corrected chi connectivity index (χ1v) is 9.27. The zero-order chi connectivity index (χ0) is 13.8. The second-order valence-corrected chi connectivity index (χ2v) is 8.46. The molecule has 5 rings (SSSR count). The summed E-state index contributed by atoms with van der Waals surface area (Å²) < 4.78 is 0. The van der Waals surface area contributed by atoms with Crippen LogP contribution in [0, 0.1) is 23.7 Å². The van der Waals surface area contributed by atoms with Crippen LogP contribution in [-0.4, -0.2) is 10.2 Å². The number of benzene rings is 1. The lowest BCUT2D eigenvalue weighted by atomic mass is 9.71. The molecule has 0 saturated heterocycles. The fraction of sp³-hybridized carbons (Fsp3) is 0.526. The van der Waals surface area contributed by atoms with Gasteiger partial charge in [-0.1, -0.05) is 24.3 Å². The molecule has 21 heavy (non-hydrogen) atoms. The molecule has 0 N–H and O–H groups in total. The summed E-state index contributed by atoms with van der Waals surface area (Å²) in [4.78, 5) is 4.71. The molecular formula is C19H21NS. The van der Waals surface area contributed by atoms with Gasteiger partial charge in [-0.25, -0.2) is 4.98 Å². The minimum atomic E-state index is 0.815. The Labute approximate surface area is 130 Å². The summed E-state index contributed by atoms with van der Waals surface area (Å²) in [6, 6.07) is 10.8. The number of hydrogen-bond acceptors (Lipinski definition) is 2. The van der Waals surface area contributed by atoms with Crippen molar-refractivity contribution in [3.63, 3.8) is 0 Å². The van der Waals surface area contributed by atoms with Gasteiger partial charge in [-0.05, 0) is 67.2 Å². The molecule has 0 aliphatic heterocycles. The van der Waals surface area contributed by atoms with Crippen molar-refractivity contribution < 1.29 is 0 Å². The van der Waals surface area contributed by atoms with Crippen LogP contribution in [-0.2, 0) is 0 Å². The quantitative estimate of drug-likeness (QED) is 0.759. The highest BCUT2D eigenvalue weighted by molar-refractivity contribution is 8.00. The molecule has 1 aromatic carbocycles. The summed E-state index contributed by atoms with van der Waals surface area (Å²) >= 11 is 2.08. The summed E-state index contributed by atoms with van der Waals surface area (Å²) in [6.45, 7) is 0. The van der Waals surface area contributed by atoms with Crippen molar-refractivity contribution in [2.45, 2.75) is 42.4 Å². The van der Waals surface area contributed by atoms with Crippen LogP contribution < -0.4 is 0 Å². The third-order valence-electron chi connectivity index (χ3n) is 6.20. The number of hydrogen-bond donors (Lipinski definition) is 0. The van der Waals surface area contributed by atoms with Gasteiger partial charge in [0.25, 0.3) is 0 Å². The van der Waals surface area contributed by atoms with Gasteiger partial charge in [0.1, 0.15) is 5.03 Å². The summed E-state index contributed by atoms with van der Waals surface area (Å²) in [5.41, 5.74) is 0. The second kappa shape index (κ2) is 4.74. The van der Waals surface area contributed by atoms with Crippen LogP contribution >= 0.6 is 11.8 Å². The van der Waals surface area contributed by atoms with Gasteiger partial charge in [-0.2, -0.15) is 0 Å². The summed E-state index contributed by atoms with van der Waals surface area (Å²) in [5, 5.41) is 4.75. The van der Waals surface area contributed by atoms with E-state index in [0.29, 0.717) is 0 Å². The van der Waals surface area contributed by atoms with E-state index in [1.807, 2.05) is 6.20 Å². The van der Waals surface area contributed by atoms with Gasteiger partial charge in [0.2, 0.25) is 0 Å². The smallest absolute Gasteiger partial charge is 0.104 e. The van der Waals surface area contributed by atoms with Gasteiger partial charge in [0.05, 0.1) is 0 Å². The molecule has 1 nitrogen and oxygen atoms in total. The molecule has 2 heteroatoms. The van der Waals surface area contributed by atoms with Crippen LogP contribution in [0.2, 0.25) is 0 Å². The van der Waals surface area contributed by atoms with E-state index in [1.165, 1.54) is 41.5 Å². The molecule has 3 saturated carbocycles. The number of pyridine rings is 1. The minimum absolute atomic E-state index is 0.815. The Hall–Kier alpha value is -1.02. The van der Waals surface area contributed by atoms with E-state index in [1.54, 1.807) is 6.42 Å². The molecular weight excluding hydrogens is 274 g/mol. The van der Waals surface area contributed by atoms with Crippen molar-refractivity contribution in [1.82, 2.24) is 4.98 Å². The lowest BCUT2D eigenvalue weighted by Gasteiger charge is -2.40. The lowest BCUT2D eigenvalue weighted by Crippen LogP contribution is -2.34. The summed E-state index contributed by atoms with van der Waals surface area (Å²) in [7, 11) is 0. The molecule has 108 valence electrons. The number of aromatic nitrogens is 1. The van der Waals surface area contributed by atoms with E-state index in [4.69, 9.17) is 4.98 Å². The van der Waals surface area contributed by atoms with Crippen molar-refractivity contribution in [1.29, 1.82) is 0 Å². The van der Waals surface area contributed by atoms with E-state index in [-0.39, 0.29) is 0 Å². The fourth-order valence-corrected chi connectivity index (χ4v) is 6.84. The predicted octanol–water partition coefficient (Wildman–Crippen LogP) is 5.15. The highest BCUT2D eigenvalue weighted by Crippen LogP contribution is 2.60. The van der Waals surface area contributed by atoms with Crippen LogP contribution in [0.4, 0.5) is 0 Å². The van der Waals surface area contributed by atoms with Gasteiger partial charge in [-0.15, -0.1) is 11.8 Å². The van der Waals surface area contributed by atoms with E-state index >= 15 is 0 Å². The molecule has 2 aromatic rings. The molecule has 0 spiro atoms. The second-order valence-electron chi connectivity index (χ2n) is 7.23. The Bertz CT molecular complexity index is 677. The number of nitrogens with zero attached hydrogens (tertiary/aromatic N) is 1. The molecule has 1 heterocycles. The monoisotopic (exact) mass is 295 g/mol. The van der Waals surface area contributed by atoms with Crippen LogP contribution in [0.5, 0.6) is 0 Å². The Morgan fingerprint density at radius 2 is 1.86 bits per heavy atom. The first-order chi connectivity index (χ1) is 10.4. The third kappa shape index (κ3) is 1.95. The zero-order valence-corrected chi connectivity index (χ0v) is 13.1. The van der Waals surface area contributed by atoms with Gasteiger partial charge < -0.3 is 0 Å². The van der Waals surface area contributed by atoms with E-state index < -0.39 is 0 Å². The summed E-state index contributed by atoms with van der Waals surface area (Å²) in [5.74, 6) is 4.17. The molecule has 0 radical (unpaired) electrons. The van der Waals surface area contributed by atoms with Crippen LogP contribution in [0.25, 0.3) is 10.8 Å². The first kappa shape index (κ1) is 12.5. The zero-order valence-electron chi connectivity index (χ0n) is 12.2. The van der Waals surface area contributed by atoms with Crippen molar-refractivity contribution >= 4 is 22.5 Å². The van der Waals surface area contributed by atoms with E-state index in [9.17, 15) is 0 Å². The number of thioether (sulfide) groups is 1. The largest absolute Gasteiger partial charge is 0.249 e. The standard InChI is InChI=1S/C19H21NS/c1-2-4-15-13(3-1)7-8-20-19(15)21-18-6-5-14-9-12-10-16(14)17(18)11-12/h1-4,7-8,12,14,16-18H,5-6,9-11H2/t12-,14-,16+,17+,18+/m1/s1. The Morgan fingerprint density at radius 3 is 2.81 bits per heavy atom. The fourth-order valence-electron chi connectivity index (χ4n) is 5.38. The number of fused-ring (bicyclic) bond motifs is 2. The SMILES string of the molecule is c1ccc2c(S[C@H]3CC[C@@H]4C[C@@H]5C[C@@H]4[C@@H]3C5)nccc2c1. The van der Waals surface area contributed by atoms with Crippen molar-refractivity contribution in [2.24, 2.45) is 23.7 Å². The van der Waals surface area contributed by atoms with E-state index in [2.05, 4.69) is 42.1 Å². The number of rotatable bonds is 2. The van der Waals surface area contributed by atoms with Gasteiger partial charge >= 0.3 is 0 Å². The van der Waals surface area contributed by atoms with Crippen LogP contribution in [0.1, 0.15) is 32.1 Å². The third-order valence-corrected chi connectivity index (χ3v) is 7.64. The van der Waals surface area contributed by atoms with Crippen molar-refractivity contribution in [3.8, 4) is 0 Å². The van der Waals surface area contributed by atoms with Crippen molar-refractivity contribution in [2.75, 3.05) is 0 Å². The maximum Gasteiger partial charge on any atom is 0.104 e. The predicted molar refractivity (Wildman–Crippen MR) is 88.4 cm³/mol. The Kier molecular flexibility index (Phi) is 2.83. The molecule has 3 aliphatic carbocycles. The van der Waals surface area contributed by atoms with Crippen LogP contribution in [0.3, 0.4) is 0 Å². The maximum atomic E-state index is 4.71. The molecule has 5 atom stereocenters. The average Bonchev–Trinajstić information content (AvgIpc) is 3.12. The molecule has 1 aromatic heterocycles. The minimum Gasteiger partial charge on any atom is -0.249 e. The molecule has 0 unspecified atom stereocenters. The van der Waals surface area contributed by atoms with E-state index in [0.717, 1.165) is 28.9 Å². The highest BCUT2D eigenvalue weighted by atomic mass is 32.2. The lowest BCUT2D eigenvalue weighted by molar-refractivity contribution is 0.171. The molecule has 3 aliphatic rings. The molecule has 3 fully saturated rings. The Morgan fingerprint density at radius 1 is 0.952 bits per heavy atom. The average molecular weight is 295 g/mol. The van der Waals surface area contributed by atoms with Gasteiger partial charge in [-0.3, -0.25) is 0 Å². The highest BCUT2D eigenvalue weighted by Gasteiger charge is 2.51.